The van der Waals surface area contributed by atoms with Gasteiger partial charge in [-0.25, -0.2) is 30.0 Å². The zero-order valence-corrected chi connectivity index (χ0v) is 63.5. The maximum Gasteiger partial charge on any atom is 0.460 e. The summed E-state index contributed by atoms with van der Waals surface area (Å²) in [5.41, 5.74) is 1.82. The summed E-state index contributed by atoms with van der Waals surface area (Å²) in [6.45, 7) is 7.27. The Morgan fingerprint density at radius 2 is 0.581 bits per heavy atom. The van der Waals surface area contributed by atoms with Crippen molar-refractivity contribution in [2.24, 2.45) is 0 Å². The number of ether oxygens (including phenoxy) is 2. The van der Waals surface area contributed by atoms with E-state index in [2.05, 4.69) is 0 Å². The molecule has 0 amide bonds. The molecule has 0 saturated carbocycles. The second-order valence-corrected chi connectivity index (χ2v) is 35.9. The van der Waals surface area contributed by atoms with E-state index in [1.54, 1.807) is 40.0 Å². The van der Waals surface area contributed by atoms with Crippen molar-refractivity contribution < 1.29 is 226 Å². The zero-order chi connectivity index (χ0) is 92.6. The molecule has 3 aliphatic heterocycles. The third-order valence-corrected chi connectivity index (χ3v) is 27.8. The largest absolute Gasteiger partial charge is 0.743 e. The molecule has 0 spiro atoms. The van der Waals surface area contributed by atoms with E-state index >= 15 is 0 Å². The van der Waals surface area contributed by atoms with Crippen LogP contribution in [-0.4, -0.2) is 225 Å². The number of rotatable bonds is 26. The minimum atomic E-state index is -8.92. The van der Waals surface area contributed by atoms with Crippen molar-refractivity contribution in [1.29, 1.82) is 0 Å². The highest BCUT2D eigenvalue weighted by atomic mass is 32.2. The number of alkyl halides is 35. The van der Waals surface area contributed by atoms with Gasteiger partial charge in [-0.05, 0) is 45.4 Å². The summed E-state index contributed by atoms with van der Waals surface area (Å²) in [5.74, 6) is -75.8. The molecule has 3 unspecified atom stereocenters. The molecule has 0 aliphatic carbocycles. The van der Waals surface area contributed by atoms with Crippen molar-refractivity contribution in [3.05, 3.63) is 108 Å². The number of methoxy groups -OCH3 is 1. The van der Waals surface area contributed by atoms with Gasteiger partial charge in [0.25, 0.3) is 10.2 Å². The Labute approximate surface area is 646 Å². The normalized spacial score (nSPS) is 17.6. The van der Waals surface area contributed by atoms with Crippen LogP contribution in [0.1, 0.15) is 97.3 Å². The SMILES string of the molecule is CC(=O)C(C)(C(=O)c1ccccc1)[S+]1CCCC1.CCOC(=O)C(C)(C(=O)c1ccccc1)[S+]1CCCC1.COC(C(=O)c1ccccc1)[S+]1CCCC1.O=S(=O)([O-])C(F)(F)C(F)(F)C(F)(F)C(F)(F)C(F)(F)C(F)(F)C(F)(F)C(F)(F)F.O=S(=O)([O-])C(F)(F)C(F)(F)C(F)(F)C(F)(F)F.O=S(=O)([O-])C(F)(F)C(F)(F)C(F)(F)C(F)(F)F. The van der Waals surface area contributed by atoms with Gasteiger partial charge in [-0.15, -0.1) is 0 Å². The van der Waals surface area contributed by atoms with Crippen molar-refractivity contribution in [2.45, 2.75) is 175 Å². The van der Waals surface area contributed by atoms with Crippen LogP contribution in [0.5, 0.6) is 0 Å². The third kappa shape index (κ3) is 21.6. The lowest BCUT2D eigenvalue weighted by atomic mass is 9.91. The minimum absolute atomic E-state index is 0.000772. The highest BCUT2D eigenvalue weighted by molar-refractivity contribution is 8.00. The average Bonchev–Trinajstić information content (AvgIpc) is 1.19. The van der Waals surface area contributed by atoms with Gasteiger partial charge in [-0.2, -0.15) is 154 Å². The number of ketones is 4. The monoisotopic (exact) mass is 1890 g/mol. The van der Waals surface area contributed by atoms with Crippen LogP contribution in [-0.2, 0) is 82.1 Å². The van der Waals surface area contributed by atoms with Crippen molar-refractivity contribution in [2.75, 3.05) is 48.2 Å². The highest BCUT2D eigenvalue weighted by Crippen LogP contribution is 2.65. The van der Waals surface area contributed by atoms with Crippen LogP contribution in [0.25, 0.3) is 0 Å². The van der Waals surface area contributed by atoms with Gasteiger partial charge >= 0.3 is 99.5 Å². The fourth-order valence-electron chi connectivity index (χ4n) is 9.33. The molecule has 3 atom stereocenters. The highest BCUT2D eigenvalue weighted by Gasteiger charge is 2.96. The topological polar surface area (TPSA) is 275 Å². The molecule has 16 nitrogen and oxygen atoms in total. The van der Waals surface area contributed by atoms with Crippen molar-refractivity contribution >= 4 is 92.1 Å². The second kappa shape index (κ2) is 37.8. The summed E-state index contributed by atoms with van der Waals surface area (Å²) >= 11 is 0. The molecule has 3 saturated heterocycles. The summed E-state index contributed by atoms with van der Waals surface area (Å²) in [6.07, 6.45) is -15.2. The number of hydrogen-bond donors (Lipinski definition) is 0. The fraction of sp³-hybridized carbons (Fsp3) is 0.617. The molecule has 0 aromatic heterocycles. The van der Waals surface area contributed by atoms with E-state index in [1.165, 1.54) is 12.8 Å². The molecule has 3 fully saturated rings. The summed E-state index contributed by atoms with van der Waals surface area (Å²) in [4.78, 5) is 62.3. The molecule has 3 aromatic rings. The molecule has 0 N–H and O–H groups in total. The van der Waals surface area contributed by atoms with E-state index in [0.29, 0.717) is 17.7 Å². The van der Waals surface area contributed by atoms with E-state index in [1.807, 2.05) is 85.8 Å². The van der Waals surface area contributed by atoms with Crippen LogP contribution in [0, 0.1) is 0 Å². The Bertz CT molecular complexity index is 4120. The van der Waals surface area contributed by atoms with Gasteiger partial charge in [0.1, 0.15) is 34.5 Å². The quantitative estimate of drug-likeness (QED) is 0.0180. The Hall–Kier alpha value is -5.90. The first-order valence-corrected chi connectivity index (χ1v) is 40.0. The molecule has 6 rings (SSSR count). The summed E-state index contributed by atoms with van der Waals surface area (Å²) in [7, 11) is -21.5. The number of esters is 1. The Kier molecular flexibility index (Phi) is 35.3. The average molecular weight is 1890 g/mol. The summed E-state index contributed by atoms with van der Waals surface area (Å²) in [5, 5.41) is -22.2. The molecular formula is C60H57F35O16S6. The number of carbonyl (C=O) groups excluding carboxylic acids is 5. The van der Waals surface area contributed by atoms with Gasteiger partial charge in [-0.3, -0.25) is 19.2 Å². The first-order valence-electron chi connectivity index (χ1n) is 31.0. The van der Waals surface area contributed by atoms with Crippen LogP contribution >= 0.6 is 0 Å². The smallest absolute Gasteiger partial charge is 0.460 e. The van der Waals surface area contributed by atoms with Crippen LogP contribution in [0.2, 0.25) is 0 Å². The number of carbonyl (C=O) groups is 5. The standard InChI is InChI=1S/C16H21O3S.C15H19O2S.C13H17O2S.C8HF17O3S.2C4HF9O3S/c1-3-19-15(18)16(2,20-11-7-8-12-20)14(17)13-9-5-4-6-10-13;1-12(16)15(2,18-10-6-7-11-18)14(17)13-8-4-3-5-9-13;1-15-13(16-9-5-6-10-16)12(14)11-7-3-2-4-8-11;9-1(10,3(13,14)5(17,18)7(21,22)23)2(11,12)4(15,16)6(19,20)8(24,25)29(26,27)28;2*5-1(6,3(9,10)11)2(7,8)4(12,13)17(14,15)16/h4-6,9-10H,3,7-8,11-12H2,1-2H3;3-5,8-9H,6-7,10-11H2,1-2H3;2-4,7-8,13H,5-6,9-10H2,1H3;(H,26,27,28);2*(H,14,15,16)/q3*+1;;;/p-3. The number of halogens is 35. The molecule has 0 bridgehead atoms. The first kappa shape index (κ1) is 109. The van der Waals surface area contributed by atoms with Gasteiger partial charge in [0.15, 0.2) is 36.1 Å². The fourth-order valence-corrected chi connectivity index (χ4v) is 18.9. The molecule has 57 heteroatoms. The maximum absolute atomic E-state index is 13.0. The van der Waals surface area contributed by atoms with E-state index in [9.17, 15) is 217 Å². The lowest BCUT2D eigenvalue weighted by Gasteiger charge is -2.42. The molecule has 3 aliphatic rings. The van der Waals surface area contributed by atoms with E-state index in [4.69, 9.17) is 9.47 Å². The van der Waals surface area contributed by atoms with Crippen molar-refractivity contribution in [3.63, 3.8) is 0 Å². The molecule has 3 heterocycles. The van der Waals surface area contributed by atoms with Gasteiger partial charge in [0.2, 0.25) is 22.1 Å². The molecule has 0 radical (unpaired) electrons. The molecular weight excluding hydrogens is 1830 g/mol. The summed E-state index contributed by atoms with van der Waals surface area (Å²) in [6, 6.07) is 27.8. The Balaban J connectivity index is 0.000000711. The molecule has 3 aromatic carbocycles. The predicted octanol–water partition coefficient (Wildman–Crippen LogP) is 15.9. The van der Waals surface area contributed by atoms with Gasteiger partial charge in [0.05, 0.1) is 6.61 Å². The van der Waals surface area contributed by atoms with Crippen molar-refractivity contribution in [1.82, 2.24) is 0 Å². The Morgan fingerprint density at radius 1 is 0.359 bits per heavy atom. The maximum atomic E-state index is 13.0. The number of Topliss-reactive ketones (excluding diaryl/α,β-unsaturated/α-hetero) is 4. The second-order valence-electron chi connectivity index (χ2n) is 24.1. The number of hydrogen-bond acceptors (Lipinski definition) is 16. The van der Waals surface area contributed by atoms with Gasteiger partial charge < -0.3 is 23.1 Å². The number of benzene rings is 3. The van der Waals surface area contributed by atoms with Gasteiger partial charge in [0, 0.05) is 77.3 Å². The van der Waals surface area contributed by atoms with Crippen LogP contribution in [0.3, 0.4) is 0 Å². The van der Waals surface area contributed by atoms with Crippen LogP contribution in [0.4, 0.5) is 154 Å². The van der Waals surface area contributed by atoms with E-state index < -0.39 is 133 Å². The predicted molar refractivity (Wildman–Crippen MR) is 338 cm³/mol. The Morgan fingerprint density at radius 3 is 0.829 bits per heavy atom. The lowest BCUT2D eigenvalue weighted by molar-refractivity contribution is -0.458. The minimum Gasteiger partial charge on any atom is -0.743 e. The molecule has 117 heavy (non-hydrogen) atoms. The van der Waals surface area contributed by atoms with E-state index in [0.717, 1.165) is 65.8 Å². The van der Waals surface area contributed by atoms with Crippen LogP contribution < -0.4 is 0 Å². The molecule has 674 valence electrons. The van der Waals surface area contributed by atoms with Crippen molar-refractivity contribution in [3.8, 4) is 0 Å². The first-order chi connectivity index (χ1) is 52.0. The lowest BCUT2D eigenvalue weighted by Crippen LogP contribution is -2.75. The summed E-state index contributed by atoms with van der Waals surface area (Å²) < 4.78 is 524. The zero-order valence-electron chi connectivity index (χ0n) is 58.6. The van der Waals surface area contributed by atoms with E-state index in [-0.39, 0.29) is 67.2 Å². The third-order valence-electron chi connectivity index (χ3n) is 16.2. The van der Waals surface area contributed by atoms with Crippen LogP contribution in [0.15, 0.2) is 91.0 Å². The van der Waals surface area contributed by atoms with Gasteiger partial charge in [-0.1, -0.05) is 91.0 Å².